The van der Waals surface area contributed by atoms with Crippen LogP contribution in [0.15, 0.2) is 48.8 Å². The Kier molecular flexibility index (Phi) is 4.25. The Hall–Kier alpha value is -2.82. The first kappa shape index (κ1) is 16.1. The molecule has 3 N–H and O–H groups in total. The van der Waals surface area contributed by atoms with Crippen LogP contribution in [0.2, 0.25) is 0 Å². The van der Waals surface area contributed by atoms with E-state index in [0.717, 1.165) is 22.3 Å². The maximum atomic E-state index is 12.3. The number of para-hydroxylation sites is 1. The topological polar surface area (TPSA) is 69.8 Å². The standard InChI is InChI=1S/C19H22N4O/c1-19(2,3)23-17-9-8-14(12-21-17)22-18(24)10-13-11-20-16-7-5-4-6-15(13)16/h4-9,11-12,20H,10H2,1-3H3,(H,21,23)(H,22,24). The molecule has 0 aliphatic rings. The fourth-order valence-electron chi connectivity index (χ4n) is 2.58. The summed E-state index contributed by atoms with van der Waals surface area (Å²) in [6, 6.07) is 11.7. The van der Waals surface area contributed by atoms with Crippen LogP contribution in [0.4, 0.5) is 11.5 Å². The first-order valence-corrected chi connectivity index (χ1v) is 8.00. The van der Waals surface area contributed by atoms with Gasteiger partial charge in [-0.25, -0.2) is 4.98 Å². The Balaban J connectivity index is 1.64. The van der Waals surface area contributed by atoms with Crippen molar-refractivity contribution in [3.05, 3.63) is 54.4 Å². The molecule has 0 spiro atoms. The average Bonchev–Trinajstić information content (AvgIpc) is 2.91. The Bertz CT molecular complexity index is 844. The molecule has 5 heteroatoms. The third kappa shape index (κ3) is 3.93. The van der Waals surface area contributed by atoms with Crippen LogP contribution in [0.5, 0.6) is 0 Å². The summed E-state index contributed by atoms with van der Waals surface area (Å²) < 4.78 is 0. The van der Waals surface area contributed by atoms with Gasteiger partial charge in [-0.15, -0.1) is 0 Å². The third-order valence-electron chi connectivity index (χ3n) is 3.58. The molecule has 0 fully saturated rings. The molecule has 124 valence electrons. The van der Waals surface area contributed by atoms with E-state index in [-0.39, 0.29) is 11.4 Å². The molecule has 0 unspecified atom stereocenters. The van der Waals surface area contributed by atoms with E-state index in [1.54, 1.807) is 6.20 Å². The van der Waals surface area contributed by atoms with Gasteiger partial charge in [-0.05, 0) is 44.5 Å². The van der Waals surface area contributed by atoms with E-state index in [1.165, 1.54) is 0 Å². The van der Waals surface area contributed by atoms with Crippen molar-refractivity contribution in [3.8, 4) is 0 Å². The van der Waals surface area contributed by atoms with Crippen molar-refractivity contribution in [2.24, 2.45) is 0 Å². The van der Waals surface area contributed by atoms with Gasteiger partial charge in [0.05, 0.1) is 18.3 Å². The van der Waals surface area contributed by atoms with E-state index in [0.29, 0.717) is 12.1 Å². The second-order valence-corrected chi connectivity index (χ2v) is 6.89. The highest BCUT2D eigenvalue weighted by molar-refractivity contribution is 5.95. The SMILES string of the molecule is CC(C)(C)Nc1ccc(NC(=O)Cc2c[nH]c3ccccc23)cn1. The number of aromatic amines is 1. The van der Waals surface area contributed by atoms with Crippen LogP contribution in [0.3, 0.4) is 0 Å². The quantitative estimate of drug-likeness (QED) is 0.681. The van der Waals surface area contributed by atoms with Crippen LogP contribution in [0.1, 0.15) is 26.3 Å². The molecule has 0 bridgehead atoms. The zero-order chi connectivity index (χ0) is 17.2. The number of nitrogens with zero attached hydrogens (tertiary/aromatic N) is 1. The van der Waals surface area contributed by atoms with Gasteiger partial charge < -0.3 is 15.6 Å². The first-order chi connectivity index (χ1) is 11.4. The predicted molar refractivity (Wildman–Crippen MR) is 98.2 cm³/mol. The Morgan fingerprint density at radius 1 is 1.17 bits per heavy atom. The Morgan fingerprint density at radius 3 is 2.67 bits per heavy atom. The van der Waals surface area contributed by atoms with Gasteiger partial charge in [-0.2, -0.15) is 0 Å². The monoisotopic (exact) mass is 322 g/mol. The lowest BCUT2D eigenvalue weighted by atomic mass is 10.1. The smallest absolute Gasteiger partial charge is 0.228 e. The van der Waals surface area contributed by atoms with Crippen LogP contribution in [0.25, 0.3) is 10.9 Å². The number of carbonyl (C=O) groups excluding carboxylic acids is 1. The number of fused-ring (bicyclic) bond motifs is 1. The van der Waals surface area contributed by atoms with E-state index >= 15 is 0 Å². The summed E-state index contributed by atoms with van der Waals surface area (Å²) in [5, 5.41) is 7.26. The molecule has 3 aromatic rings. The van der Waals surface area contributed by atoms with Crippen LogP contribution in [0, 0.1) is 0 Å². The molecule has 0 saturated heterocycles. The molecule has 0 radical (unpaired) electrons. The number of amides is 1. The summed E-state index contributed by atoms with van der Waals surface area (Å²) in [6.07, 6.45) is 3.88. The van der Waals surface area contributed by atoms with Crippen molar-refractivity contribution in [2.45, 2.75) is 32.7 Å². The number of H-pyrrole nitrogens is 1. The fraction of sp³-hybridized carbons (Fsp3) is 0.263. The van der Waals surface area contributed by atoms with E-state index < -0.39 is 0 Å². The highest BCUT2D eigenvalue weighted by Crippen LogP contribution is 2.19. The van der Waals surface area contributed by atoms with Gasteiger partial charge in [0.2, 0.25) is 5.91 Å². The largest absolute Gasteiger partial charge is 0.365 e. The lowest BCUT2D eigenvalue weighted by Crippen LogP contribution is -2.26. The maximum absolute atomic E-state index is 12.3. The molecule has 3 rings (SSSR count). The molecule has 0 aliphatic carbocycles. The lowest BCUT2D eigenvalue weighted by Gasteiger charge is -2.21. The zero-order valence-corrected chi connectivity index (χ0v) is 14.2. The summed E-state index contributed by atoms with van der Waals surface area (Å²) in [6.45, 7) is 6.22. The second kappa shape index (κ2) is 6.35. The first-order valence-electron chi connectivity index (χ1n) is 8.00. The molecule has 1 amide bonds. The highest BCUT2D eigenvalue weighted by atomic mass is 16.1. The second-order valence-electron chi connectivity index (χ2n) is 6.89. The van der Waals surface area contributed by atoms with Crippen molar-refractivity contribution in [3.63, 3.8) is 0 Å². The van der Waals surface area contributed by atoms with Gasteiger partial charge in [0.15, 0.2) is 0 Å². The molecule has 0 saturated carbocycles. The fourth-order valence-corrected chi connectivity index (χ4v) is 2.58. The Morgan fingerprint density at radius 2 is 1.96 bits per heavy atom. The number of pyridine rings is 1. The predicted octanol–water partition coefficient (Wildman–Crippen LogP) is 3.95. The van der Waals surface area contributed by atoms with Gasteiger partial charge >= 0.3 is 0 Å². The van der Waals surface area contributed by atoms with E-state index in [2.05, 4.69) is 41.4 Å². The molecule has 0 aliphatic heterocycles. The van der Waals surface area contributed by atoms with Crippen molar-refractivity contribution in [1.82, 2.24) is 9.97 Å². The van der Waals surface area contributed by atoms with Crippen molar-refractivity contribution in [2.75, 3.05) is 10.6 Å². The molecular weight excluding hydrogens is 300 g/mol. The maximum Gasteiger partial charge on any atom is 0.228 e. The number of anilines is 2. The molecular formula is C19H22N4O. The molecule has 24 heavy (non-hydrogen) atoms. The number of aromatic nitrogens is 2. The van der Waals surface area contributed by atoms with Gasteiger partial charge in [0, 0.05) is 22.6 Å². The van der Waals surface area contributed by atoms with Crippen molar-refractivity contribution >= 4 is 28.3 Å². The number of hydrogen-bond donors (Lipinski definition) is 3. The van der Waals surface area contributed by atoms with Crippen molar-refractivity contribution in [1.29, 1.82) is 0 Å². The molecule has 5 nitrogen and oxygen atoms in total. The van der Waals surface area contributed by atoms with Crippen LogP contribution in [-0.4, -0.2) is 21.4 Å². The van der Waals surface area contributed by atoms with E-state index in [4.69, 9.17) is 0 Å². The number of nitrogens with one attached hydrogen (secondary N) is 3. The lowest BCUT2D eigenvalue weighted by molar-refractivity contribution is -0.115. The van der Waals surface area contributed by atoms with Crippen LogP contribution < -0.4 is 10.6 Å². The van der Waals surface area contributed by atoms with Gasteiger partial charge in [0.1, 0.15) is 5.82 Å². The number of hydrogen-bond acceptors (Lipinski definition) is 3. The Labute approximate surface area is 141 Å². The minimum absolute atomic E-state index is 0.0485. The van der Waals surface area contributed by atoms with Gasteiger partial charge in [-0.3, -0.25) is 4.79 Å². The third-order valence-corrected chi connectivity index (χ3v) is 3.58. The number of carbonyl (C=O) groups is 1. The molecule has 2 aromatic heterocycles. The van der Waals surface area contributed by atoms with E-state index in [1.807, 2.05) is 42.6 Å². The number of rotatable bonds is 4. The van der Waals surface area contributed by atoms with E-state index in [9.17, 15) is 4.79 Å². The molecule has 0 atom stereocenters. The summed E-state index contributed by atoms with van der Waals surface area (Å²) >= 11 is 0. The number of benzene rings is 1. The summed E-state index contributed by atoms with van der Waals surface area (Å²) in [4.78, 5) is 19.8. The summed E-state index contributed by atoms with van der Waals surface area (Å²) in [5.41, 5.74) is 2.67. The normalized spacial score (nSPS) is 11.5. The molecule has 2 heterocycles. The van der Waals surface area contributed by atoms with Gasteiger partial charge in [0.25, 0.3) is 0 Å². The molecule has 1 aromatic carbocycles. The minimum atomic E-state index is -0.0573. The van der Waals surface area contributed by atoms with Gasteiger partial charge in [-0.1, -0.05) is 18.2 Å². The summed E-state index contributed by atoms with van der Waals surface area (Å²) in [5.74, 6) is 0.732. The van der Waals surface area contributed by atoms with Crippen LogP contribution in [-0.2, 0) is 11.2 Å². The van der Waals surface area contributed by atoms with Crippen LogP contribution >= 0.6 is 0 Å². The summed E-state index contributed by atoms with van der Waals surface area (Å²) in [7, 11) is 0. The zero-order valence-electron chi connectivity index (χ0n) is 14.2. The average molecular weight is 322 g/mol. The highest BCUT2D eigenvalue weighted by Gasteiger charge is 2.11. The van der Waals surface area contributed by atoms with Crippen molar-refractivity contribution < 1.29 is 4.79 Å². The minimum Gasteiger partial charge on any atom is -0.365 e.